The Balaban J connectivity index is 1.59. The Morgan fingerprint density at radius 3 is 3.05 bits per heavy atom. The first-order valence-electron chi connectivity index (χ1n) is 7.73. The molecular weight excluding hydrogens is 266 g/mol. The highest BCUT2D eigenvalue weighted by Gasteiger charge is 2.24. The van der Waals surface area contributed by atoms with E-state index in [9.17, 15) is 4.79 Å². The smallest absolute Gasteiger partial charge is 0.135 e. The summed E-state index contributed by atoms with van der Waals surface area (Å²) in [7, 11) is 0. The van der Waals surface area contributed by atoms with Crippen molar-refractivity contribution in [3.8, 4) is 0 Å². The number of aryl methyl sites for hydroxylation is 1. The highest BCUT2D eigenvalue weighted by Crippen LogP contribution is 2.34. The molecule has 1 aliphatic carbocycles. The van der Waals surface area contributed by atoms with Gasteiger partial charge in [0.2, 0.25) is 0 Å². The van der Waals surface area contributed by atoms with Crippen molar-refractivity contribution in [3.63, 3.8) is 0 Å². The highest BCUT2D eigenvalue weighted by atomic mass is 32.2. The Bertz CT molecular complexity index is 468. The number of rotatable bonds is 4. The lowest BCUT2D eigenvalue weighted by Gasteiger charge is -2.26. The van der Waals surface area contributed by atoms with Gasteiger partial charge in [0.15, 0.2) is 0 Å². The van der Waals surface area contributed by atoms with Gasteiger partial charge in [0, 0.05) is 36.9 Å². The van der Waals surface area contributed by atoms with Crippen molar-refractivity contribution in [1.29, 1.82) is 0 Å². The minimum atomic E-state index is 0.403. The van der Waals surface area contributed by atoms with Gasteiger partial charge >= 0.3 is 0 Å². The fraction of sp³-hybridized carbons (Fsp3) is 0.588. The van der Waals surface area contributed by atoms with Crippen LogP contribution in [-0.2, 0) is 11.2 Å². The highest BCUT2D eigenvalue weighted by molar-refractivity contribution is 7.99. The van der Waals surface area contributed by atoms with E-state index >= 15 is 0 Å². The van der Waals surface area contributed by atoms with Crippen LogP contribution in [0.3, 0.4) is 0 Å². The van der Waals surface area contributed by atoms with Gasteiger partial charge in [-0.3, -0.25) is 4.79 Å². The topological polar surface area (TPSA) is 29.1 Å². The standard InChI is InChI=1S/C17H23NOS/c19-16(11-15-12-20-9-8-18-15)10-14-6-3-5-13-4-1-2-7-17(13)14/h1-2,4,7,14-15,18H,3,5-6,8-12H2. The summed E-state index contributed by atoms with van der Waals surface area (Å²) in [4.78, 5) is 12.3. The molecule has 1 fully saturated rings. The molecule has 1 aromatic rings. The minimum Gasteiger partial charge on any atom is -0.312 e. The van der Waals surface area contributed by atoms with Crippen molar-refractivity contribution in [2.24, 2.45) is 0 Å². The molecule has 0 radical (unpaired) electrons. The Morgan fingerprint density at radius 2 is 2.20 bits per heavy atom. The van der Waals surface area contributed by atoms with Gasteiger partial charge < -0.3 is 5.32 Å². The van der Waals surface area contributed by atoms with E-state index < -0.39 is 0 Å². The van der Waals surface area contributed by atoms with Crippen LogP contribution < -0.4 is 5.32 Å². The number of hydrogen-bond acceptors (Lipinski definition) is 3. The average Bonchev–Trinajstić information content (AvgIpc) is 2.48. The van der Waals surface area contributed by atoms with E-state index in [0.29, 0.717) is 24.2 Å². The van der Waals surface area contributed by atoms with Gasteiger partial charge in [-0.05, 0) is 36.3 Å². The van der Waals surface area contributed by atoms with E-state index in [1.807, 2.05) is 11.8 Å². The first-order valence-corrected chi connectivity index (χ1v) is 8.89. The lowest BCUT2D eigenvalue weighted by atomic mass is 9.80. The zero-order valence-corrected chi connectivity index (χ0v) is 12.8. The number of carbonyl (C=O) groups excluding carboxylic acids is 1. The number of nitrogens with one attached hydrogen (secondary N) is 1. The third-order valence-electron chi connectivity index (χ3n) is 4.44. The summed E-state index contributed by atoms with van der Waals surface area (Å²) in [5.41, 5.74) is 2.89. The lowest BCUT2D eigenvalue weighted by molar-refractivity contribution is -0.119. The summed E-state index contributed by atoms with van der Waals surface area (Å²) in [5, 5.41) is 3.46. The van der Waals surface area contributed by atoms with Gasteiger partial charge in [-0.15, -0.1) is 0 Å². The first kappa shape index (κ1) is 14.2. The molecule has 1 saturated heterocycles. The Hall–Kier alpha value is -0.800. The summed E-state index contributed by atoms with van der Waals surface area (Å²) in [6, 6.07) is 9.08. The SMILES string of the molecule is O=C(CC1CSCCN1)CC1CCCc2ccccc21. The van der Waals surface area contributed by atoms with Crippen LogP contribution >= 0.6 is 11.8 Å². The predicted octanol–water partition coefficient (Wildman–Crippen LogP) is 3.16. The van der Waals surface area contributed by atoms with Crippen molar-refractivity contribution in [3.05, 3.63) is 35.4 Å². The van der Waals surface area contributed by atoms with E-state index in [-0.39, 0.29) is 0 Å². The van der Waals surface area contributed by atoms with Crippen LogP contribution in [0.2, 0.25) is 0 Å². The number of carbonyl (C=O) groups is 1. The number of Topliss-reactive ketones (excluding diaryl/α,β-unsaturated/α-hetero) is 1. The second kappa shape index (κ2) is 6.77. The third kappa shape index (κ3) is 3.44. The fourth-order valence-corrected chi connectivity index (χ4v) is 4.40. The van der Waals surface area contributed by atoms with E-state index in [0.717, 1.165) is 18.7 Å². The molecule has 0 aromatic heterocycles. The summed E-state index contributed by atoms with van der Waals surface area (Å²) in [5.74, 6) is 3.17. The molecule has 0 bridgehead atoms. The van der Waals surface area contributed by atoms with Gasteiger partial charge in [-0.2, -0.15) is 11.8 Å². The van der Waals surface area contributed by atoms with Gasteiger partial charge in [0.25, 0.3) is 0 Å². The van der Waals surface area contributed by atoms with E-state index in [4.69, 9.17) is 0 Å². The Kier molecular flexibility index (Phi) is 4.79. The van der Waals surface area contributed by atoms with Crippen LogP contribution in [0.15, 0.2) is 24.3 Å². The Morgan fingerprint density at radius 1 is 1.30 bits per heavy atom. The largest absolute Gasteiger partial charge is 0.312 e. The normalized spacial score (nSPS) is 26.0. The molecule has 20 heavy (non-hydrogen) atoms. The number of ketones is 1. The molecule has 0 spiro atoms. The molecule has 3 rings (SSSR count). The monoisotopic (exact) mass is 289 g/mol. The molecule has 0 saturated carbocycles. The maximum atomic E-state index is 12.3. The molecule has 2 unspecified atom stereocenters. The van der Waals surface area contributed by atoms with Crippen molar-refractivity contribution < 1.29 is 4.79 Å². The molecule has 1 N–H and O–H groups in total. The summed E-state index contributed by atoms with van der Waals surface area (Å²) >= 11 is 1.96. The van der Waals surface area contributed by atoms with Crippen LogP contribution in [0.25, 0.3) is 0 Å². The van der Waals surface area contributed by atoms with Gasteiger partial charge in [-0.1, -0.05) is 24.3 Å². The molecular formula is C17H23NOS. The zero-order chi connectivity index (χ0) is 13.8. The molecule has 2 atom stereocenters. The van der Waals surface area contributed by atoms with Gasteiger partial charge in [0.1, 0.15) is 5.78 Å². The van der Waals surface area contributed by atoms with Crippen LogP contribution in [0.1, 0.15) is 42.7 Å². The molecule has 3 heteroatoms. The van der Waals surface area contributed by atoms with Crippen LogP contribution in [0, 0.1) is 0 Å². The molecule has 1 heterocycles. The predicted molar refractivity (Wildman–Crippen MR) is 85.5 cm³/mol. The minimum absolute atomic E-state index is 0.403. The quantitative estimate of drug-likeness (QED) is 0.923. The van der Waals surface area contributed by atoms with Gasteiger partial charge in [-0.25, -0.2) is 0 Å². The zero-order valence-electron chi connectivity index (χ0n) is 11.9. The second-order valence-corrected chi connectivity index (χ2v) is 7.11. The Labute approximate surface area is 125 Å². The summed E-state index contributed by atoms with van der Waals surface area (Å²) in [6.07, 6.45) is 5.04. The molecule has 108 valence electrons. The first-order chi connectivity index (χ1) is 9.83. The van der Waals surface area contributed by atoms with Gasteiger partial charge in [0.05, 0.1) is 0 Å². The number of thioether (sulfide) groups is 1. The van der Waals surface area contributed by atoms with Crippen LogP contribution in [-0.4, -0.2) is 29.9 Å². The molecule has 0 amide bonds. The third-order valence-corrected chi connectivity index (χ3v) is 5.57. The van der Waals surface area contributed by atoms with E-state index in [1.165, 1.54) is 36.1 Å². The van der Waals surface area contributed by atoms with Crippen LogP contribution in [0.5, 0.6) is 0 Å². The number of hydrogen-bond donors (Lipinski definition) is 1. The molecule has 2 aliphatic rings. The molecule has 2 nitrogen and oxygen atoms in total. The van der Waals surface area contributed by atoms with E-state index in [1.54, 1.807) is 0 Å². The van der Waals surface area contributed by atoms with E-state index in [2.05, 4.69) is 29.6 Å². The molecule has 1 aromatic carbocycles. The lowest BCUT2D eigenvalue weighted by Crippen LogP contribution is -2.39. The maximum absolute atomic E-state index is 12.3. The second-order valence-electron chi connectivity index (χ2n) is 5.96. The van der Waals surface area contributed by atoms with Crippen molar-refractivity contribution in [1.82, 2.24) is 5.32 Å². The van der Waals surface area contributed by atoms with Crippen LogP contribution in [0.4, 0.5) is 0 Å². The summed E-state index contributed by atoms with van der Waals surface area (Å²) in [6.45, 7) is 1.05. The van der Waals surface area contributed by atoms with Crippen molar-refractivity contribution >= 4 is 17.5 Å². The van der Waals surface area contributed by atoms with Crippen molar-refractivity contribution in [2.45, 2.75) is 44.1 Å². The molecule has 1 aliphatic heterocycles. The summed E-state index contributed by atoms with van der Waals surface area (Å²) < 4.78 is 0. The number of fused-ring (bicyclic) bond motifs is 1. The maximum Gasteiger partial charge on any atom is 0.135 e. The average molecular weight is 289 g/mol. The fourth-order valence-electron chi connectivity index (χ4n) is 3.45. The van der Waals surface area contributed by atoms with Crippen molar-refractivity contribution in [2.75, 3.05) is 18.1 Å². The number of benzene rings is 1.